The Labute approximate surface area is 162 Å². The van der Waals surface area contributed by atoms with Gasteiger partial charge in [-0.2, -0.15) is 0 Å². The lowest BCUT2D eigenvalue weighted by molar-refractivity contribution is -0.123. The number of methoxy groups -OCH3 is 1. The first-order chi connectivity index (χ1) is 13.0. The summed E-state index contributed by atoms with van der Waals surface area (Å²) in [6.45, 7) is -0.596. The van der Waals surface area contributed by atoms with Crippen LogP contribution in [0.4, 0.5) is 0 Å². The van der Waals surface area contributed by atoms with Gasteiger partial charge in [0.1, 0.15) is 11.4 Å². The van der Waals surface area contributed by atoms with Gasteiger partial charge >= 0.3 is 5.97 Å². The van der Waals surface area contributed by atoms with Crippen molar-refractivity contribution >= 4 is 44.6 Å². The van der Waals surface area contributed by atoms with Crippen molar-refractivity contribution in [2.75, 3.05) is 13.7 Å². The lowest BCUT2D eigenvalue weighted by Gasteiger charge is -2.08. The van der Waals surface area contributed by atoms with Crippen molar-refractivity contribution in [1.29, 1.82) is 0 Å². The fourth-order valence-electron chi connectivity index (χ4n) is 2.51. The largest absolute Gasteiger partial charge is 0.496 e. The number of aromatic nitrogens is 1. The highest BCUT2D eigenvalue weighted by molar-refractivity contribution is 9.10. The highest BCUT2D eigenvalue weighted by Gasteiger charge is 2.20. The number of para-hydroxylation sites is 2. The summed E-state index contributed by atoms with van der Waals surface area (Å²) in [5.41, 5.74) is 1.16. The van der Waals surface area contributed by atoms with Crippen LogP contribution in [0.15, 0.2) is 53.0 Å². The molecule has 2 aromatic carbocycles. The molecule has 0 aliphatic heterocycles. The fraction of sp³-hybridized carbons (Fsp3) is 0.105. The number of aromatic amines is 1. The topological polar surface area (TPSA) is 97.5 Å². The Kier molecular flexibility index (Phi) is 5.56. The van der Waals surface area contributed by atoms with Crippen LogP contribution in [0, 0.1) is 0 Å². The number of amides is 2. The van der Waals surface area contributed by atoms with Crippen LogP contribution < -0.4 is 10.1 Å². The minimum atomic E-state index is -0.744. The summed E-state index contributed by atoms with van der Waals surface area (Å²) in [4.78, 5) is 39.3. The molecule has 0 spiro atoms. The zero-order valence-corrected chi connectivity index (χ0v) is 15.8. The number of H-pyrrole nitrogens is 1. The summed E-state index contributed by atoms with van der Waals surface area (Å²) in [6.07, 6.45) is 0. The predicted molar refractivity (Wildman–Crippen MR) is 102 cm³/mol. The Balaban J connectivity index is 1.62. The normalized spacial score (nSPS) is 10.4. The number of carbonyl (C=O) groups is 3. The highest BCUT2D eigenvalue weighted by atomic mass is 79.9. The summed E-state index contributed by atoms with van der Waals surface area (Å²) in [6, 6.07) is 13.8. The van der Waals surface area contributed by atoms with Crippen molar-refractivity contribution in [1.82, 2.24) is 10.3 Å². The maximum Gasteiger partial charge on any atom is 0.356 e. The molecule has 2 N–H and O–H groups in total. The minimum absolute atomic E-state index is 0.194. The Hall–Kier alpha value is -3.13. The van der Waals surface area contributed by atoms with Crippen molar-refractivity contribution < 1.29 is 23.9 Å². The first kappa shape index (κ1) is 18.7. The Morgan fingerprint density at radius 2 is 1.78 bits per heavy atom. The van der Waals surface area contributed by atoms with E-state index in [1.807, 2.05) is 24.3 Å². The molecule has 0 saturated heterocycles. The number of carbonyl (C=O) groups excluding carboxylic acids is 3. The van der Waals surface area contributed by atoms with Gasteiger partial charge in [-0.1, -0.05) is 30.3 Å². The molecule has 27 heavy (non-hydrogen) atoms. The van der Waals surface area contributed by atoms with Gasteiger partial charge in [-0.05, 0) is 34.1 Å². The van der Waals surface area contributed by atoms with E-state index >= 15 is 0 Å². The van der Waals surface area contributed by atoms with Crippen LogP contribution in [-0.2, 0) is 9.53 Å². The molecule has 0 unspecified atom stereocenters. The first-order valence-corrected chi connectivity index (χ1v) is 8.71. The maximum atomic E-state index is 12.2. The van der Waals surface area contributed by atoms with E-state index in [1.54, 1.807) is 18.2 Å². The molecule has 3 aromatic rings. The van der Waals surface area contributed by atoms with E-state index in [0.29, 0.717) is 10.2 Å². The monoisotopic (exact) mass is 430 g/mol. The number of imide groups is 1. The molecule has 138 valence electrons. The van der Waals surface area contributed by atoms with Crippen molar-refractivity contribution in [3.63, 3.8) is 0 Å². The van der Waals surface area contributed by atoms with Crippen molar-refractivity contribution in [2.24, 2.45) is 0 Å². The third-order valence-corrected chi connectivity index (χ3v) is 4.61. The Morgan fingerprint density at radius 1 is 1.07 bits per heavy atom. The summed E-state index contributed by atoms with van der Waals surface area (Å²) in [5, 5.41) is 2.98. The van der Waals surface area contributed by atoms with E-state index in [9.17, 15) is 14.4 Å². The van der Waals surface area contributed by atoms with Crippen molar-refractivity contribution in [2.45, 2.75) is 0 Å². The van der Waals surface area contributed by atoms with Crippen LogP contribution in [0.1, 0.15) is 20.8 Å². The number of halogens is 1. The smallest absolute Gasteiger partial charge is 0.356 e. The summed E-state index contributed by atoms with van der Waals surface area (Å²) < 4.78 is 10.6. The molecule has 0 bridgehead atoms. The van der Waals surface area contributed by atoms with Crippen LogP contribution >= 0.6 is 15.9 Å². The molecule has 8 heteroatoms. The van der Waals surface area contributed by atoms with Crippen LogP contribution in [0.2, 0.25) is 0 Å². The average molecular weight is 431 g/mol. The van der Waals surface area contributed by atoms with Gasteiger partial charge in [-0.25, -0.2) is 4.79 Å². The first-order valence-electron chi connectivity index (χ1n) is 7.91. The molecular formula is C19H15BrN2O5. The fourth-order valence-corrected chi connectivity index (χ4v) is 3.12. The van der Waals surface area contributed by atoms with Crippen molar-refractivity contribution in [3.05, 3.63) is 64.3 Å². The molecule has 0 radical (unpaired) electrons. The molecule has 1 aromatic heterocycles. The molecule has 2 amide bonds. The average Bonchev–Trinajstić information content (AvgIpc) is 3.03. The van der Waals surface area contributed by atoms with Gasteiger partial charge in [0.05, 0.1) is 17.1 Å². The van der Waals surface area contributed by atoms with Gasteiger partial charge in [0.2, 0.25) is 0 Å². The van der Waals surface area contributed by atoms with E-state index in [4.69, 9.17) is 9.47 Å². The molecule has 0 fully saturated rings. The second-order valence-corrected chi connectivity index (χ2v) is 6.31. The van der Waals surface area contributed by atoms with Crippen molar-refractivity contribution in [3.8, 4) is 5.75 Å². The second kappa shape index (κ2) is 8.05. The number of benzene rings is 2. The van der Waals surface area contributed by atoms with E-state index in [2.05, 4.69) is 26.2 Å². The van der Waals surface area contributed by atoms with Gasteiger partial charge in [-0.3, -0.25) is 14.9 Å². The summed E-state index contributed by atoms with van der Waals surface area (Å²) in [5.74, 6) is -1.76. The number of hydrogen-bond donors (Lipinski definition) is 2. The third-order valence-electron chi connectivity index (χ3n) is 3.79. The standard InChI is InChI=1S/C19H15BrN2O5/c1-26-14-9-5-3-7-12(14)18(24)22-15(23)10-27-19(25)17-16(20)11-6-2-4-8-13(11)21-17/h2-9,21H,10H2,1H3,(H,22,23,24). The lowest BCUT2D eigenvalue weighted by Crippen LogP contribution is -2.34. The van der Waals surface area contributed by atoms with Gasteiger partial charge in [-0.15, -0.1) is 0 Å². The molecule has 3 rings (SSSR count). The molecule has 0 aliphatic carbocycles. The quantitative estimate of drug-likeness (QED) is 0.606. The maximum absolute atomic E-state index is 12.2. The molecule has 7 nitrogen and oxygen atoms in total. The molecule has 0 saturated carbocycles. The molecule has 1 heterocycles. The third kappa shape index (κ3) is 4.01. The van der Waals surface area contributed by atoms with E-state index < -0.39 is 24.4 Å². The number of rotatable bonds is 5. The Morgan fingerprint density at radius 3 is 2.52 bits per heavy atom. The van der Waals surface area contributed by atoms with Gasteiger partial charge in [0.25, 0.3) is 11.8 Å². The van der Waals surface area contributed by atoms with Crippen LogP contribution in [0.3, 0.4) is 0 Å². The van der Waals surface area contributed by atoms with Crippen LogP contribution in [0.25, 0.3) is 10.9 Å². The van der Waals surface area contributed by atoms with E-state index in [-0.39, 0.29) is 11.3 Å². The highest BCUT2D eigenvalue weighted by Crippen LogP contribution is 2.28. The van der Waals surface area contributed by atoms with Crippen LogP contribution in [0.5, 0.6) is 5.75 Å². The van der Waals surface area contributed by atoms with Crippen LogP contribution in [-0.4, -0.2) is 36.5 Å². The molecule has 0 atom stereocenters. The minimum Gasteiger partial charge on any atom is -0.496 e. The lowest BCUT2D eigenvalue weighted by atomic mass is 10.2. The number of hydrogen-bond acceptors (Lipinski definition) is 5. The van der Waals surface area contributed by atoms with E-state index in [0.717, 1.165) is 10.9 Å². The predicted octanol–water partition coefficient (Wildman–Crippen LogP) is 3.05. The number of ether oxygens (including phenoxy) is 2. The zero-order valence-electron chi connectivity index (χ0n) is 14.2. The SMILES string of the molecule is COc1ccccc1C(=O)NC(=O)COC(=O)c1[nH]c2ccccc2c1Br. The number of esters is 1. The summed E-state index contributed by atoms with van der Waals surface area (Å²) >= 11 is 3.35. The number of fused-ring (bicyclic) bond motifs is 1. The molecule has 0 aliphatic rings. The van der Waals surface area contributed by atoms with Gasteiger partial charge < -0.3 is 14.5 Å². The number of nitrogens with one attached hydrogen (secondary N) is 2. The van der Waals surface area contributed by atoms with E-state index in [1.165, 1.54) is 13.2 Å². The van der Waals surface area contributed by atoms with Gasteiger partial charge in [0.15, 0.2) is 6.61 Å². The second-order valence-electron chi connectivity index (χ2n) is 5.51. The zero-order chi connectivity index (χ0) is 19.4. The summed E-state index contributed by atoms with van der Waals surface area (Å²) in [7, 11) is 1.42. The molecular weight excluding hydrogens is 416 g/mol. The van der Waals surface area contributed by atoms with Gasteiger partial charge in [0, 0.05) is 10.9 Å². The Bertz CT molecular complexity index is 1030.